The van der Waals surface area contributed by atoms with Gasteiger partial charge < -0.3 is 9.64 Å². The van der Waals surface area contributed by atoms with E-state index in [1.165, 1.54) is 42.9 Å². The molecule has 0 amide bonds. The molecule has 0 aliphatic carbocycles. The van der Waals surface area contributed by atoms with Crippen LogP contribution in [0.4, 0.5) is 17.1 Å². The van der Waals surface area contributed by atoms with Crippen LogP contribution in [0.5, 0.6) is 11.5 Å². The van der Waals surface area contributed by atoms with Crippen LogP contribution in [0.3, 0.4) is 0 Å². The quantitative estimate of drug-likeness (QED) is 0.189. The van der Waals surface area contributed by atoms with Crippen molar-refractivity contribution in [2.45, 2.75) is 69.1 Å². The lowest BCUT2D eigenvalue weighted by Gasteiger charge is -2.35. The van der Waals surface area contributed by atoms with Gasteiger partial charge in [-0.3, -0.25) is 0 Å². The molecule has 0 saturated heterocycles. The zero-order valence-electron chi connectivity index (χ0n) is 25.9. The zero-order valence-corrected chi connectivity index (χ0v) is 26.7. The number of rotatable bonds is 5. The molecule has 0 unspecified atom stereocenters. The molecule has 0 atom stereocenters. The minimum atomic E-state index is 0.148. The SMILES string of the molecule is CC(C)c1cc(C(C)C)c(B2c3ccccc3Sc3ccc(N4c5ccccc5Oc5ccccc54)cc32)c(C(C)C)c1. The van der Waals surface area contributed by atoms with E-state index < -0.39 is 0 Å². The lowest BCUT2D eigenvalue weighted by atomic mass is 9.34. The normalized spacial score (nSPS) is 13.5. The van der Waals surface area contributed by atoms with Crippen LogP contribution in [-0.2, 0) is 0 Å². The first-order valence-corrected chi connectivity index (χ1v) is 16.4. The summed E-state index contributed by atoms with van der Waals surface area (Å²) < 4.78 is 6.35. The molecule has 5 aromatic rings. The molecule has 0 saturated carbocycles. The number of fused-ring (bicyclic) bond motifs is 4. The topological polar surface area (TPSA) is 12.5 Å². The molecule has 43 heavy (non-hydrogen) atoms. The predicted octanol–water partition coefficient (Wildman–Crippen LogP) is 9.61. The van der Waals surface area contributed by atoms with Crippen LogP contribution < -0.4 is 26.0 Å². The second-order valence-corrected chi connectivity index (χ2v) is 13.8. The van der Waals surface area contributed by atoms with Crippen LogP contribution in [0.2, 0.25) is 0 Å². The van der Waals surface area contributed by atoms with Crippen LogP contribution in [0.15, 0.2) is 113 Å². The monoisotopic (exact) mass is 579 g/mol. The van der Waals surface area contributed by atoms with Crippen molar-refractivity contribution < 1.29 is 4.74 Å². The molecule has 4 heteroatoms. The van der Waals surface area contributed by atoms with Gasteiger partial charge in [0.05, 0.1) is 11.4 Å². The molecule has 214 valence electrons. The van der Waals surface area contributed by atoms with Gasteiger partial charge >= 0.3 is 0 Å². The summed E-state index contributed by atoms with van der Waals surface area (Å²) in [6.45, 7) is 14.2. The fraction of sp³-hybridized carbons (Fsp3) is 0.231. The standard InChI is InChI=1S/C39H38BNOS/c1-24(2)27-21-29(25(3)4)39(30(22-27)26(5)6)40-31-13-7-12-18-37(31)43-38-20-19-28(23-32(38)40)41-33-14-8-10-16-35(33)42-36-17-11-9-15-34(36)41/h7-26H,1-6H3. The van der Waals surface area contributed by atoms with Crippen molar-refractivity contribution in [3.8, 4) is 11.5 Å². The number of para-hydroxylation sites is 4. The van der Waals surface area contributed by atoms with Gasteiger partial charge in [0.1, 0.15) is 0 Å². The second-order valence-electron chi connectivity index (χ2n) is 12.7. The maximum absolute atomic E-state index is 6.35. The molecule has 0 fully saturated rings. The van der Waals surface area contributed by atoms with E-state index in [0.717, 1.165) is 28.6 Å². The van der Waals surface area contributed by atoms with Gasteiger partial charge in [-0.15, -0.1) is 0 Å². The Morgan fingerprint density at radius 1 is 0.581 bits per heavy atom. The maximum atomic E-state index is 6.35. The third-order valence-electron chi connectivity index (χ3n) is 8.91. The van der Waals surface area contributed by atoms with E-state index in [1.807, 2.05) is 23.9 Å². The molecule has 0 aromatic heterocycles. The summed E-state index contributed by atoms with van der Waals surface area (Å²) in [7, 11) is 0. The summed E-state index contributed by atoms with van der Waals surface area (Å²) in [5.41, 5.74) is 11.9. The van der Waals surface area contributed by atoms with E-state index in [1.54, 1.807) is 0 Å². The summed E-state index contributed by atoms with van der Waals surface area (Å²) in [5.74, 6) is 3.07. The summed E-state index contributed by atoms with van der Waals surface area (Å²) >= 11 is 1.90. The first-order valence-electron chi connectivity index (χ1n) is 15.6. The van der Waals surface area contributed by atoms with Gasteiger partial charge in [0.2, 0.25) is 6.71 Å². The van der Waals surface area contributed by atoms with E-state index in [9.17, 15) is 0 Å². The molecular weight excluding hydrogens is 541 g/mol. The van der Waals surface area contributed by atoms with Crippen LogP contribution in [0.1, 0.15) is 76.0 Å². The molecule has 0 bridgehead atoms. The number of hydrogen-bond donors (Lipinski definition) is 0. The average molecular weight is 580 g/mol. The zero-order chi connectivity index (χ0) is 29.8. The van der Waals surface area contributed by atoms with Gasteiger partial charge in [0.25, 0.3) is 0 Å². The molecule has 2 nitrogen and oxygen atoms in total. The molecule has 2 aliphatic heterocycles. The van der Waals surface area contributed by atoms with Crippen LogP contribution in [-0.4, -0.2) is 6.71 Å². The lowest BCUT2D eigenvalue weighted by molar-refractivity contribution is 0.477. The third-order valence-corrected chi connectivity index (χ3v) is 10.1. The molecule has 0 radical (unpaired) electrons. The Morgan fingerprint density at radius 3 is 1.74 bits per heavy atom. The van der Waals surface area contributed by atoms with Gasteiger partial charge in [-0.25, -0.2) is 0 Å². The number of ether oxygens (including phenoxy) is 1. The smallest absolute Gasteiger partial charge is 0.244 e. The summed E-state index contributed by atoms with van der Waals surface area (Å²) in [5, 5.41) is 0. The Balaban J connectivity index is 1.50. The first-order chi connectivity index (χ1) is 20.8. The Morgan fingerprint density at radius 2 is 1.14 bits per heavy atom. The van der Waals surface area contributed by atoms with E-state index in [-0.39, 0.29) is 6.71 Å². The first kappa shape index (κ1) is 27.9. The van der Waals surface area contributed by atoms with Crippen molar-refractivity contribution in [1.82, 2.24) is 0 Å². The Labute approximate surface area is 261 Å². The van der Waals surface area contributed by atoms with Crippen molar-refractivity contribution in [2.75, 3.05) is 4.90 Å². The van der Waals surface area contributed by atoms with Gasteiger partial charge in [-0.05, 0) is 83.0 Å². The highest BCUT2D eigenvalue weighted by atomic mass is 32.2. The molecular formula is C39H38BNOS. The van der Waals surface area contributed by atoms with Crippen molar-refractivity contribution in [1.29, 1.82) is 0 Å². The fourth-order valence-electron chi connectivity index (χ4n) is 6.73. The van der Waals surface area contributed by atoms with Gasteiger partial charge in [-0.1, -0.05) is 124 Å². The Kier molecular flexibility index (Phi) is 7.14. The van der Waals surface area contributed by atoms with Crippen molar-refractivity contribution in [3.05, 3.63) is 120 Å². The van der Waals surface area contributed by atoms with Gasteiger partial charge in [0.15, 0.2) is 11.5 Å². The number of benzene rings is 5. The molecule has 2 heterocycles. The highest BCUT2D eigenvalue weighted by Crippen LogP contribution is 2.50. The number of anilines is 3. The van der Waals surface area contributed by atoms with E-state index in [2.05, 4.69) is 137 Å². The van der Waals surface area contributed by atoms with Crippen molar-refractivity contribution >= 4 is 51.9 Å². The predicted molar refractivity (Wildman–Crippen MR) is 185 cm³/mol. The van der Waals surface area contributed by atoms with Crippen LogP contribution in [0.25, 0.3) is 0 Å². The Bertz CT molecular complexity index is 1770. The fourth-order valence-corrected chi connectivity index (χ4v) is 7.85. The average Bonchev–Trinajstić information content (AvgIpc) is 3.01. The maximum Gasteiger partial charge on any atom is 0.244 e. The van der Waals surface area contributed by atoms with E-state index in [4.69, 9.17) is 4.74 Å². The van der Waals surface area contributed by atoms with E-state index >= 15 is 0 Å². The van der Waals surface area contributed by atoms with Gasteiger partial charge in [-0.2, -0.15) is 0 Å². The lowest BCUT2D eigenvalue weighted by Crippen LogP contribution is -2.57. The van der Waals surface area contributed by atoms with Crippen LogP contribution >= 0.6 is 11.8 Å². The highest BCUT2D eigenvalue weighted by Gasteiger charge is 2.36. The summed E-state index contributed by atoms with van der Waals surface area (Å²) in [6.07, 6.45) is 0. The van der Waals surface area contributed by atoms with Crippen molar-refractivity contribution in [3.63, 3.8) is 0 Å². The molecule has 2 aliphatic rings. The molecule has 7 rings (SSSR count). The minimum absolute atomic E-state index is 0.148. The van der Waals surface area contributed by atoms with Crippen molar-refractivity contribution in [2.24, 2.45) is 0 Å². The third kappa shape index (κ3) is 4.77. The highest BCUT2D eigenvalue weighted by molar-refractivity contribution is 8.00. The molecule has 5 aromatic carbocycles. The number of nitrogens with zero attached hydrogens (tertiary/aromatic N) is 1. The number of hydrogen-bond acceptors (Lipinski definition) is 3. The molecule has 0 spiro atoms. The van der Waals surface area contributed by atoms with Crippen LogP contribution in [0, 0.1) is 0 Å². The van der Waals surface area contributed by atoms with Gasteiger partial charge in [0, 0.05) is 15.5 Å². The summed E-state index contributed by atoms with van der Waals surface area (Å²) in [4.78, 5) is 5.05. The molecule has 0 N–H and O–H groups in total. The largest absolute Gasteiger partial charge is 0.453 e. The minimum Gasteiger partial charge on any atom is -0.453 e. The summed E-state index contributed by atoms with van der Waals surface area (Å²) in [6, 6.07) is 37.8. The van der Waals surface area contributed by atoms with E-state index in [0.29, 0.717) is 17.8 Å². The second kappa shape index (κ2) is 11.0. The Hall–Kier alpha value is -3.89.